The molecule has 0 spiro atoms. The quantitative estimate of drug-likeness (QED) is 0.835. The van der Waals surface area contributed by atoms with E-state index in [4.69, 9.17) is 0 Å². The molecule has 0 saturated carbocycles. The molecule has 4 rings (SSSR count). The summed E-state index contributed by atoms with van der Waals surface area (Å²) < 4.78 is 14.6. The fourth-order valence-corrected chi connectivity index (χ4v) is 4.02. The Bertz CT molecular complexity index is 986. The summed E-state index contributed by atoms with van der Waals surface area (Å²) in [6, 6.07) is 6.22. The SMILES string of the molecule is O=C(NCc1ccc(F)cc1)C1CCCC2Cn3ccc(=O)c(O)c3C(=O)N21. The predicted octanol–water partition coefficient (Wildman–Crippen LogP) is 1.39. The molecule has 28 heavy (non-hydrogen) atoms. The molecular weight excluding hydrogens is 365 g/mol. The second-order valence-corrected chi connectivity index (χ2v) is 7.19. The van der Waals surface area contributed by atoms with Crippen molar-refractivity contribution in [3.8, 4) is 5.75 Å². The number of carbonyl (C=O) groups is 2. The summed E-state index contributed by atoms with van der Waals surface area (Å²) in [5, 5.41) is 12.9. The highest BCUT2D eigenvalue weighted by Gasteiger charge is 2.43. The van der Waals surface area contributed by atoms with Gasteiger partial charge in [0.1, 0.15) is 11.9 Å². The first-order valence-corrected chi connectivity index (χ1v) is 9.23. The molecule has 1 fully saturated rings. The number of fused-ring (bicyclic) bond motifs is 2. The summed E-state index contributed by atoms with van der Waals surface area (Å²) in [4.78, 5) is 39.1. The highest BCUT2D eigenvalue weighted by atomic mass is 19.1. The number of pyridine rings is 1. The number of piperidine rings is 1. The predicted molar refractivity (Wildman–Crippen MR) is 98.2 cm³/mol. The minimum absolute atomic E-state index is 0.0676. The Hall–Kier alpha value is -3.16. The Morgan fingerprint density at radius 2 is 1.93 bits per heavy atom. The molecule has 0 bridgehead atoms. The molecule has 8 heteroatoms. The van der Waals surface area contributed by atoms with E-state index < -0.39 is 23.1 Å². The molecule has 2 aliphatic heterocycles. The van der Waals surface area contributed by atoms with Gasteiger partial charge in [-0.3, -0.25) is 14.4 Å². The number of rotatable bonds is 3. The fraction of sp³-hybridized carbons (Fsp3) is 0.350. The fourth-order valence-electron chi connectivity index (χ4n) is 4.02. The molecule has 2 atom stereocenters. The molecule has 7 nitrogen and oxygen atoms in total. The van der Waals surface area contributed by atoms with Gasteiger partial charge in [-0.1, -0.05) is 12.1 Å². The van der Waals surface area contributed by atoms with Gasteiger partial charge >= 0.3 is 0 Å². The van der Waals surface area contributed by atoms with Crippen molar-refractivity contribution in [1.82, 2.24) is 14.8 Å². The van der Waals surface area contributed by atoms with Crippen molar-refractivity contribution in [2.75, 3.05) is 0 Å². The van der Waals surface area contributed by atoms with E-state index in [1.54, 1.807) is 16.7 Å². The summed E-state index contributed by atoms with van der Waals surface area (Å²) >= 11 is 0. The number of amides is 2. The number of aromatic nitrogens is 1. The van der Waals surface area contributed by atoms with Gasteiger partial charge in [-0.2, -0.15) is 0 Å². The van der Waals surface area contributed by atoms with Crippen LogP contribution in [-0.2, 0) is 17.9 Å². The average molecular weight is 385 g/mol. The molecule has 2 unspecified atom stereocenters. The average Bonchev–Trinajstić information content (AvgIpc) is 2.69. The van der Waals surface area contributed by atoms with Crippen molar-refractivity contribution in [2.24, 2.45) is 0 Å². The van der Waals surface area contributed by atoms with Crippen LogP contribution in [0, 0.1) is 5.82 Å². The van der Waals surface area contributed by atoms with Crippen LogP contribution in [0.2, 0.25) is 0 Å². The molecule has 1 saturated heterocycles. The number of benzene rings is 1. The van der Waals surface area contributed by atoms with Crippen molar-refractivity contribution in [2.45, 2.75) is 44.4 Å². The van der Waals surface area contributed by atoms with Crippen LogP contribution in [-0.4, -0.2) is 38.5 Å². The number of carbonyl (C=O) groups excluding carboxylic acids is 2. The lowest BCUT2D eigenvalue weighted by molar-refractivity contribution is -0.128. The first-order chi connectivity index (χ1) is 13.5. The molecule has 0 radical (unpaired) electrons. The van der Waals surface area contributed by atoms with Crippen molar-refractivity contribution >= 4 is 11.8 Å². The summed E-state index contributed by atoms with van der Waals surface area (Å²) in [6.45, 7) is 0.653. The Morgan fingerprint density at radius 3 is 2.68 bits per heavy atom. The van der Waals surface area contributed by atoms with Crippen LogP contribution in [0.3, 0.4) is 0 Å². The van der Waals surface area contributed by atoms with Crippen LogP contribution in [0.25, 0.3) is 0 Å². The number of halogens is 1. The molecule has 2 aromatic rings. The number of hydrogen-bond donors (Lipinski definition) is 2. The van der Waals surface area contributed by atoms with E-state index in [1.165, 1.54) is 29.3 Å². The van der Waals surface area contributed by atoms with E-state index in [1.807, 2.05) is 0 Å². The third kappa shape index (κ3) is 3.15. The van der Waals surface area contributed by atoms with E-state index in [9.17, 15) is 23.9 Å². The van der Waals surface area contributed by atoms with Gasteiger partial charge in [0.25, 0.3) is 5.91 Å². The van der Waals surface area contributed by atoms with Crippen LogP contribution < -0.4 is 10.7 Å². The van der Waals surface area contributed by atoms with Crippen molar-refractivity contribution in [3.63, 3.8) is 0 Å². The highest BCUT2D eigenvalue weighted by Crippen LogP contribution is 2.31. The maximum Gasteiger partial charge on any atom is 0.275 e. The van der Waals surface area contributed by atoms with Gasteiger partial charge in [-0.15, -0.1) is 0 Å². The minimum atomic E-state index is -0.671. The molecular formula is C20H20FN3O4. The van der Waals surface area contributed by atoms with Crippen molar-refractivity contribution in [3.05, 3.63) is 63.8 Å². The lowest BCUT2D eigenvalue weighted by Crippen LogP contribution is -2.60. The zero-order valence-electron chi connectivity index (χ0n) is 15.1. The first kappa shape index (κ1) is 18.2. The number of nitrogens with zero attached hydrogens (tertiary/aromatic N) is 2. The van der Waals surface area contributed by atoms with Crippen LogP contribution in [0.4, 0.5) is 4.39 Å². The van der Waals surface area contributed by atoms with E-state index in [-0.39, 0.29) is 30.0 Å². The lowest BCUT2D eigenvalue weighted by Gasteiger charge is -2.45. The Labute approximate surface area is 160 Å². The summed E-state index contributed by atoms with van der Waals surface area (Å²) in [6.07, 6.45) is 3.56. The third-order valence-corrected chi connectivity index (χ3v) is 5.42. The number of nitrogens with one attached hydrogen (secondary N) is 1. The van der Waals surface area contributed by atoms with Gasteiger partial charge in [0.2, 0.25) is 11.3 Å². The Balaban J connectivity index is 1.56. The van der Waals surface area contributed by atoms with Crippen molar-refractivity contribution in [1.29, 1.82) is 0 Å². The molecule has 2 N–H and O–H groups in total. The zero-order chi connectivity index (χ0) is 19.8. The van der Waals surface area contributed by atoms with E-state index in [0.29, 0.717) is 13.0 Å². The van der Waals surface area contributed by atoms with Gasteiger partial charge in [0.15, 0.2) is 11.4 Å². The van der Waals surface area contributed by atoms with Gasteiger partial charge < -0.3 is 19.9 Å². The van der Waals surface area contributed by atoms with Crippen LogP contribution in [0.5, 0.6) is 5.75 Å². The van der Waals surface area contributed by atoms with Gasteiger partial charge in [-0.25, -0.2) is 4.39 Å². The molecule has 1 aromatic carbocycles. The maximum atomic E-state index is 13.0. The molecule has 2 amide bonds. The lowest BCUT2D eigenvalue weighted by atomic mass is 9.92. The summed E-state index contributed by atoms with van der Waals surface area (Å²) in [5.41, 5.74) is 0.0657. The summed E-state index contributed by atoms with van der Waals surface area (Å²) in [7, 11) is 0. The summed E-state index contributed by atoms with van der Waals surface area (Å²) in [5.74, 6) is -1.73. The number of aromatic hydroxyl groups is 1. The van der Waals surface area contributed by atoms with E-state index in [2.05, 4.69) is 5.32 Å². The molecule has 2 aliphatic rings. The largest absolute Gasteiger partial charge is 0.503 e. The topological polar surface area (TPSA) is 91.6 Å². The second kappa shape index (κ2) is 7.10. The van der Waals surface area contributed by atoms with E-state index in [0.717, 1.165) is 18.4 Å². The minimum Gasteiger partial charge on any atom is -0.503 e. The highest BCUT2D eigenvalue weighted by molar-refractivity contribution is 5.99. The smallest absolute Gasteiger partial charge is 0.275 e. The van der Waals surface area contributed by atoms with Gasteiger partial charge in [0.05, 0.1) is 6.04 Å². The third-order valence-electron chi connectivity index (χ3n) is 5.42. The van der Waals surface area contributed by atoms with Crippen LogP contribution >= 0.6 is 0 Å². The van der Waals surface area contributed by atoms with Gasteiger partial charge in [0, 0.05) is 25.4 Å². The molecule has 0 aliphatic carbocycles. The normalized spacial score (nSPS) is 21.0. The van der Waals surface area contributed by atoms with Crippen LogP contribution in [0.15, 0.2) is 41.3 Å². The maximum absolute atomic E-state index is 13.0. The standard InChI is InChI=1S/C20H20FN3O4/c21-13-6-4-12(5-7-13)10-22-19(27)15-3-1-2-14-11-23-9-8-16(25)18(26)17(23)20(28)24(14)15/h4-9,14-15,26H,1-3,10-11H2,(H,22,27). The zero-order valence-corrected chi connectivity index (χ0v) is 15.1. The molecule has 3 heterocycles. The first-order valence-electron chi connectivity index (χ1n) is 9.23. The Morgan fingerprint density at radius 1 is 1.18 bits per heavy atom. The van der Waals surface area contributed by atoms with Crippen molar-refractivity contribution < 1.29 is 19.1 Å². The monoisotopic (exact) mass is 385 g/mol. The second-order valence-electron chi connectivity index (χ2n) is 7.19. The molecule has 1 aromatic heterocycles. The number of hydrogen-bond acceptors (Lipinski definition) is 4. The van der Waals surface area contributed by atoms with E-state index >= 15 is 0 Å². The van der Waals surface area contributed by atoms with Crippen LogP contribution in [0.1, 0.15) is 35.3 Å². The van der Waals surface area contributed by atoms with Gasteiger partial charge in [-0.05, 0) is 37.0 Å². The molecule has 146 valence electrons. The Kier molecular flexibility index (Phi) is 4.62.